The standard InChI is InChI=1S/C19H24FNO3/c1-4-19(5-2,18(22)23)12-21-11-15-7-9-17(24-15)16-8-6-14(20)10-13(16)3/h6-10,21H,4-5,11-12H2,1-3H3,(H,22,23). The highest BCUT2D eigenvalue weighted by atomic mass is 19.1. The monoisotopic (exact) mass is 333 g/mol. The average molecular weight is 333 g/mol. The Balaban J connectivity index is 2.03. The van der Waals surface area contributed by atoms with Gasteiger partial charge in [0.1, 0.15) is 17.3 Å². The van der Waals surface area contributed by atoms with Crippen LogP contribution in [0.2, 0.25) is 0 Å². The number of carboxylic acid groups (broad SMARTS) is 1. The van der Waals surface area contributed by atoms with Crippen LogP contribution >= 0.6 is 0 Å². The number of halogens is 1. The molecule has 0 radical (unpaired) electrons. The zero-order valence-corrected chi connectivity index (χ0v) is 14.4. The number of aryl methyl sites for hydroxylation is 1. The van der Waals surface area contributed by atoms with Crippen molar-refractivity contribution in [2.75, 3.05) is 6.54 Å². The average Bonchev–Trinajstić information content (AvgIpc) is 3.00. The zero-order chi connectivity index (χ0) is 17.7. The Morgan fingerprint density at radius 1 is 1.25 bits per heavy atom. The number of furan rings is 1. The van der Waals surface area contributed by atoms with Crippen LogP contribution in [0.15, 0.2) is 34.7 Å². The van der Waals surface area contributed by atoms with Gasteiger partial charge in [-0.1, -0.05) is 13.8 Å². The quantitative estimate of drug-likeness (QED) is 0.753. The van der Waals surface area contributed by atoms with Crippen LogP contribution in [0.5, 0.6) is 0 Å². The summed E-state index contributed by atoms with van der Waals surface area (Å²) in [6.07, 6.45) is 1.15. The summed E-state index contributed by atoms with van der Waals surface area (Å²) in [7, 11) is 0. The second-order valence-corrected chi connectivity index (χ2v) is 6.12. The Kier molecular flexibility index (Phi) is 5.78. The van der Waals surface area contributed by atoms with Crippen molar-refractivity contribution in [1.29, 1.82) is 0 Å². The van der Waals surface area contributed by atoms with E-state index in [1.807, 2.05) is 32.9 Å². The summed E-state index contributed by atoms with van der Waals surface area (Å²) >= 11 is 0. The number of benzene rings is 1. The lowest BCUT2D eigenvalue weighted by atomic mass is 9.82. The van der Waals surface area contributed by atoms with Crippen molar-refractivity contribution in [3.63, 3.8) is 0 Å². The topological polar surface area (TPSA) is 62.5 Å². The fourth-order valence-electron chi connectivity index (χ4n) is 2.82. The smallest absolute Gasteiger partial charge is 0.310 e. The second-order valence-electron chi connectivity index (χ2n) is 6.12. The van der Waals surface area contributed by atoms with Gasteiger partial charge >= 0.3 is 5.97 Å². The van der Waals surface area contributed by atoms with Crippen LogP contribution in [-0.4, -0.2) is 17.6 Å². The Morgan fingerprint density at radius 3 is 2.54 bits per heavy atom. The highest BCUT2D eigenvalue weighted by Gasteiger charge is 2.34. The van der Waals surface area contributed by atoms with Gasteiger partial charge in [-0.2, -0.15) is 0 Å². The van der Waals surface area contributed by atoms with E-state index in [9.17, 15) is 14.3 Å². The molecule has 5 heteroatoms. The summed E-state index contributed by atoms with van der Waals surface area (Å²) < 4.78 is 19.0. The molecule has 130 valence electrons. The molecule has 2 aromatic rings. The van der Waals surface area contributed by atoms with Gasteiger partial charge in [-0.05, 0) is 55.7 Å². The molecule has 0 saturated heterocycles. The van der Waals surface area contributed by atoms with Crippen LogP contribution in [0.1, 0.15) is 38.0 Å². The molecule has 0 saturated carbocycles. The molecular weight excluding hydrogens is 309 g/mol. The Hall–Kier alpha value is -2.14. The van der Waals surface area contributed by atoms with Crippen LogP contribution in [0, 0.1) is 18.2 Å². The fourth-order valence-corrected chi connectivity index (χ4v) is 2.82. The minimum atomic E-state index is -0.776. The summed E-state index contributed by atoms with van der Waals surface area (Å²) in [5, 5.41) is 12.6. The Bertz CT molecular complexity index is 704. The molecular formula is C19H24FNO3. The van der Waals surface area contributed by atoms with Gasteiger partial charge in [0.05, 0.1) is 12.0 Å². The Morgan fingerprint density at radius 2 is 1.96 bits per heavy atom. The Labute approximate surface area is 141 Å². The molecule has 1 aromatic carbocycles. The molecule has 0 aliphatic rings. The van der Waals surface area contributed by atoms with Crippen LogP contribution in [0.3, 0.4) is 0 Å². The highest BCUT2D eigenvalue weighted by Crippen LogP contribution is 2.27. The molecule has 24 heavy (non-hydrogen) atoms. The number of hydrogen-bond acceptors (Lipinski definition) is 3. The first-order chi connectivity index (χ1) is 11.4. The van der Waals surface area contributed by atoms with Gasteiger partial charge in [-0.3, -0.25) is 4.79 Å². The van der Waals surface area contributed by atoms with Gasteiger partial charge < -0.3 is 14.8 Å². The highest BCUT2D eigenvalue weighted by molar-refractivity contribution is 5.74. The van der Waals surface area contributed by atoms with E-state index in [1.54, 1.807) is 6.07 Å². The van der Waals surface area contributed by atoms with Crippen molar-refractivity contribution in [3.8, 4) is 11.3 Å². The van der Waals surface area contributed by atoms with E-state index in [0.717, 1.165) is 16.9 Å². The van der Waals surface area contributed by atoms with E-state index in [1.165, 1.54) is 12.1 Å². The van der Waals surface area contributed by atoms with Crippen molar-refractivity contribution in [3.05, 3.63) is 47.5 Å². The molecule has 0 aliphatic carbocycles. The first kappa shape index (κ1) is 18.2. The molecule has 0 aliphatic heterocycles. The van der Waals surface area contributed by atoms with Crippen molar-refractivity contribution in [1.82, 2.24) is 5.32 Å². The van der Waals surface area contributed by atoms with Gasteiger partial charge in [0.25, 0.3) is 0 Å². The number of hydrogen-bond donors (Lipinski definition) is 2. The maximum absolute atomic E-state index is 13.2. The minimum Gasteiger partial charge on any atom is -0.481 e. The number of carbonyl (C=O) groups is 1. The predicted molar refractivity (Wildman–Crippen MR) is 91.2 cm³/mol. The molecule has 0 atom stereocenters. The molecule has 4 nitrogen and oxygen atoms in total. The van der Waals surface area contributed by atoms with E-state index in [-0.39, 0.29) is 5.82 Å². The SMILES string of the molecule is CCC(CC)(CNCc1ccc(-c2ccc(F)cc2C)o1)C(=O)O. The summed E-state index contributed by atoms with van der Waals surface area (Å²) in [4.78, 5) is 11.5. The van der Waals surface area contributed by atoms with Crippen LogP contribution in [-0.2, 0) is 11.3 Å². The van der Waals surface area contributed by atoms with Gasteiger partial charge in [0.2, 0.25) is 0 Å². The van der Waals surface area contributed by atoms with Crippen LogP contribution in [0.25, 0.3) is 11.3 Å². The molecule has 0 amide bonds. The number of aliphatic carboxylic acids is 1. The second kappa shape index (κ2) is 7.62. The first-order valence-electron chi connectivity index (χ1n) is 8.21. The van der Waals surface area contributed by atoms with E-state index < -0.39 is 11.4 Å². The van der Waals surface area contributed by atoms with Gasteiger partial charge in [0.15, 0.2) is 0 Å². The number of rotatable bonds is 8. The molecule has 0 bridgehead atoms. The minimum absolute atomic E-state index is 0.270. The lowest BCUT2D eigenvalue weighted by Crippen LogP contribution is -2.39. The van der Waals surface area contributed by atoms with E-state index in [0.29, 0.717) is 31.7 Å². The van der Waals surface area contributed by atoms with E-state index in [2.05, 4.69) is 5.32 Å². The van der Waals surface area contributed by atoms with Crippen molar-refractivity contribution in [2.24, 2.45) is 5.41 Å². The van der Waals surface area contributed by atoms with Crippen molar-refractivity contribution >= 4 is 5.97 Å². The van der Waals surface area contributed by atoms with Gasteiger partial charge in [0, 0.05) is 12.1 Å². The van der Waals surface area contributed by atoms with Crippen molar-refractivity contribution < 1.29 is 18.7 Å². The summed E-state index contributed by atoms with van der Waals surface area (Å²) in [5.74, 6) is 0.357. The summed E-state index contributed by atoms with van der Waals surface area (Å²) in [6.45, 7) is 6.46. The zero-order valence-electron chi connectivity index (χ0n) is 14.4. The lowest BCUT2D eigenvalue weighted by molar-refractivity contribution is -0.149. The maximum atomic E-state index is 13.2. The third-order valence-electron chi connectivity index (χ3n) is 4.69. The maximum Gasteiger partial charge on any atom is 0.310 e. The van der Waals surface area contributed by atoms with E-state index >= 15 is 0 Å². The number of carboxylic acids is 1. The van der Waals surface area contributed by atoms with Crippen LogP contribution < -0.4 is 5.32 Å². The molecule has 2 rings (SSSR count). The lowest BCUT2D eigenvalue weighted by Gasteiger charge is -2.26. The van der Waals surface area contributed by atoms with Crippen molar-refractivity contribution in [2.45, 2.75) is 40.2 Å². The first-order valence-corrected chi connectivity index (χ1v) is 8.21. The van der Waals surface area contributed by atoms with Crippen LogP contribution in [0.4, 0.5) is 4.39 Å². The molecule has 0 spiro atoms. The largest absolute Gasteiger partial charge is 0.481 e. The normalized spacial score (nSPS) is 11.7. The molecule has 0 unspecified atom stereocenters. The predicted octanol–water partition coefficient (Wildman–Crippen LogP) is 4.37. The third-order valence-corrected chi connectivity index (χ3v) is 4.69. The number of nitrogens with one attached hydrogen (secondary N) is 1. The molecule has 1 heterocycles. The summed E-state index contributed by atoms with van der Waals surface area (Å²) in [5.41, 5.74) is 0.915. The van der Waals surface area contributed by atoms with Gasteiger partial charge in [-0.15, -0.1) is 0 Å². The van der Waals surface area contributed by atoms with Gasteiger partial charge in [-0.25, -0.2) is 4.39 Å². The fraction of sp³-hybridized carbons (Fsp3) is 0.421. The van der Waals surface area contributed by atoms with E-state index in [4.69, 9.17) is 4.42 Å². The third kappa shape index (κ3) is 3.85. The molecule has 0 fully saturated rings. The summed E-state index contributed by atoms with van der Waals surface area (Å²) in [6, 6.07) is 8.28. The molecule has 1 aromatic heterocycles. The molecule has 2 N–H and O–H groups in total.